The highest BCUT2D eigenvalue weighted by Gasteiger charge is 2.29. The number of anilines is 1. The van der Waals surface area contributed by atoms with E-state index in [1.165, 1.54) is 25.1 Å². The Morgan fingerprint density at radius 2 is 1.51 bits per heavy atom. The van der Waals surface area contributed by atoms with E-state index < -0.39 is 95.6 Å². The average molecular weight is 530 g/mol. The molecule has 198 valence electrons. The van der Waals surface area contributed by atoms with Gasteiger partial charge in [0.05, 0.1) is 12.1 Å². The second kappa shape index (κ2) is 12.6. The van der Waals surface area contributed by atoms with Crippen molar-refractivity contribution < 1.29 is 55.8 Å². The van der Waals surface area contributed by atoms with Crippen LogP contribution in [0.3, 0.4) is 0 Å². The number of carboxylic acids is 1. The maximum absolute atomic E-state index is 13.7. The Morgan fingerprint density at radius 1 is 0.919 bits per heavy atom. The van der Waals surface area contributed by atoms with Gasteiger partial charge in [-0.05, 0) is 12.1 Å². The number of hydrogen-bond acceptors (Lipinski definition) is 6. The van der Waals surface area contributed by atoms with Crippen LogP contribution in [0, 0.1) is 35.0 Å². The summed E-state index contributed by atoms with van der Waals surface area (Å²) in [6.07, 6.45) is -1.74. The first-order valence-corrected chi connectivity index (χ1v) is 10.4. The van der Waals surface area contributed by atoms with Crippen LogP contribution in [0.15, 0.2) is 30.3 Å². The molecule has 2 atom stereocenters. The molecule has 0 spiro atoms. The number of carboxylic acid groups (broad SMARTS) is 1. The van der Waals surface area contributed by atoms with Gasteiger partial charge in [0, 0.05) is 18.4 Å². The zero-order valence-electron chi connectivity index (χ0n) is 18.9. The lowest BCUT2D eigenvalue weighted by molar-refractivity contribution is -0.141. The van der Waals surface area contributed by atoms with Crippen molar-refractivity contribution in [2.24, 2.45) is 5.92 Å². The molecule has 14 heteroatoms. The molecule has 0 bridgehead atoms. The highest BCUT2D eigenvalue weighted by atomic mass is 19.2. The number of nitrogens with one attached hydrogen (secondary N) is 2. The van der Waals surface area contributed by atoms with E-state index >= 15 is 0 Å². The van der Waals surface area contributed by atoms with Crippen LogP contribution in [0.4, 0.5) is 27.6 Å². The Kier molecular flexibility index (Phi) is 9.80. The average Bonchev–Trinajstić information content (AvgIpc) is 2.83. The summed E-state index contributed by atoms with van der Waals surface area (Å²) >= 11 is 0. The van der Waals surface area contributed by atoms with Gasteiger partial charge in [-0.1, -0.05) is 19.1 Å². The monoisotopic (exact) mass is 530 g/mol. The summed E-state index contributed by atoms with van der Waals surface area (Å²) in [5.74, 6) is -17.4. The summed E-state index contributed by atoms with van der Waals surface area (Å²) in [6.45, 7) is -0.115. The van der Waals surface area contributed by atoms with Gasteiger partial charge in [-0.3, -0.25) is 24.0 Å². The maximum atomic E-state index is 13.7. The molecule has 0 aromatic heterocycles. The number of aliphatic carboxylic acids is 1. The molecule has 0 heterocycles. The number of ketones is 2. The molecule has 2 aromatic rings. The molecule has 0 fully saturated rings. The van der Waals surface area contributed by atoms with Gasteiger partial charge in [0.15, 0.2) is 23.2 Å². The maximum Gasteiger partial charge on any atom is 0.305 e. The van der Waals surface area contributed by atoms with Crippen LogP contribution in [0.25, 0.3) is 0 Å². The minimum Gasteiger partial charge on any atom is -0.481 e. The van der Waals surface area contributed by atoms with E-state index in [1.54, 1.807) is 0 Å². The molecule has 0 saturated carbocycles. The third-order valence-electron chi connectivity index (χ3n) is 4.83. The summed E-state index contributed by atoms with van der Waals surface area (Å²) < 4.78 is 72.1. The molecular formula is C23H19F5N2O7. The van der Waals surface area contributed by atoms with Crippen molar-refractivity contribution >= 4 is 35.0 Å². The number of carbonyl (C=O) groups excluding carboxylic acids is 4. The molecule has 2 aromatic carbocycles. The highest BCUT2D eigenvalue weighted by Crippen LogP contribution is 2.26. The summed E-state index contributed by atoms with van der Waals surface area (Å²) in [5.41, 5.74) is -0.281. The van der Waals surface area contributed by atoms with Gasteiger partial charge < -0.3 is 20.5 Å². The number of carbonyl (C=O) groups is 5. The third-order valence-corrected chi connectivity index (χ3v) is 4.83. The number of amides is 2. The number of ether oxygens (including phenoxy) is 1. The molecule has 37 heavy (non-hydrogen) atoms. The van der Waals surface area contributed by atoms with Crippen LogP contribution >= 0.6 is 0 Å². The Hall–Kier alpha value is -4.36. The van der Waals surface area contributed by atoms with Crippen LogP contribution in [-0.2, 0) is 24.0 Å². The normalized spacial score (nSPS) is 12.3. The van der Waals surface area contributed by atoms with Gasteiger partial charge >= 0.3 is 5.97 Å². The molecule has 2 rings (SSSR count). The van der Waals surface area contributed by atoms with Gasteiger partial charge in [-0.15, -0.1) is 0 Å². The predicted molar refractivity (Wildman–Crippen MR) is 115 cm³/mol. The van der Waals surface area contributed by atoms with Crippen LogP contribution in [0.1, 0.15) is 19.8 Å². The molecule has 3 N–H and O–H groups in total. The molecular weight excluding hydrogens is 511 g/mol. The molecule has 0 aliphatic carbocycles. The summed E-state index contributed by atoms with van der Waals surface area (Å²) in [7, 11) is 0. The minimum atomic E-state index is -1.94. The van der Waals surface area contributed by atoms with Gasteiger partial charge in [0.25, 0.3) is 5.91 Å². The van der Waals surface area contributed by atoms with Gasteiger partial charge in [0.2, 0.25) is 23.3 Å². The van der Waals surface area contributed by atoms with Crippen LogP contribution in [0.2, 0.25) is 0 Å². The van der Waals surface area contributed by atoms with Crippen molar-refractivity contribution in [3.63, 3.8) is 0 Å². The Morgan fingerprint density at radius 3 is 2.08 bits per heavy atom. The number of rotatable bonds is 12. The van der Waals surface area contributed by atoms with E-state index in [1.807, 2.05) is 10.6 Å². The Bertz CT molecular complexity index is 1210. The lowest BCUT2D eigenvalue weighted by Gasteiger charge is -2.19. The minimum absolute atomic E-state index is 0.0912. The van der Waals surface area contributed by atoms with E-state index in [9.17, 15) is 45.9 Å². The first-order valence-electron chi connectivity index (χ1n) is 10.4. The zero-order chi connectivity index (χ0) is 27.9. The fourth-order valence-electron chi connectivity index (χ4n) is 2.87. The molecule has 0 radical (unpaired) electrons. The second-order valence-corrected chi connectivity index (χ2v) is 7.67. The molecule has 0 aliphatic rings. The smallest absolute Gasteiger partial charge is 0.305 e. The number of hydrogen-bond donors (Lipinski definition) is 3. The van der Waals surface area contributed by atoms with Crippen molar-refractivity contribution in [1.29, 1.82) is 0 Å². The SMILES string of the molecule is C[C@H](CC(=O)C(=O)Nc1ccccc1F)C(=O)N[C@@H](CC(=O)O)C(=O)COc1c(F)c(F)cc(F)c1F. The largest absolute Gasteiger partial charge is 0.481 e. The van der Waals surface area contributed by atoms with E-state index in [2.05, 4.69) is 4.74 Å². The zero-order valence-corrected chi connectivity index (χ0v) is 18.9. The lowest BCUT2D eigenvalue weighted by Crippen LogP contribution is -2.46. The second-order valence-electron chi connectivity index (χ2n) is 7.67. The lowest BCUT2D eigenvalue weighted by atomic mass is 10.0. The van der Waals surface area contributed by atoms with Crippen molar-refractivity contribution in [3.8, 4) is 5.75 Å². The van der Waals surface area contributed by atoms with Crippen molar-refractivity contribution in [3.05, 3.63) is 59.4 Å². The van der Waals surface area contributed by atoms with Gasteiger partial charge in [0.1, 0.15) is 18.5 Å². The first kappa shape index (κ1) is 28.9. The van der Waals surface area contributed by atoms with E-state index in [0.29, 0.717) is 0 Å². The van der Waals surface area contributed by atoms with Gasteiger partial charge in [-0.25, -0.2) is 13.2 Å². The van der Waals surface area contributed by atoms with E-state index in [0.717, 1.165) is 6.07 Å². The van der Waals surface area contributed by atoms with Crippen molar-refractivity contribution in [2.45, 2.75) is 25.8 Å². The quantitative estimate of drug-likeness (QED) is 0.218. The van der Waals surface area contributed by atoms with Gasteiger partial charge in [-0.2, -0.15) is 8.78 Å². The van der Waals surface area contributed by atoms with Crippen LogP contribution in [0.5, 0.6) is 5.75 Å². The van der Waals surface area contributed by atoms with Crippen molar-refractivity contribution in [2.75, 3.05) is 11.9 Å². The standard InChI is InChI=1S/C23H19F5N2O7/c1-10(6-16(31)23(36)29-14-5-3-2-4-11(14)24)22(35)30-15(8-18(33)34)17(32)9-37-21-19(27)12(25)7-13(26)20(21)28/h2-5,7,10,15H,6,8-9H2,1H3,(H,29,36)(H,30,35)(H,33,34)/t10-,15+/m1/s1. The van der Waals surface area contributed by atoms with E-state index in [4.69, 9.17) is 5.11 Å². The summed E-state index contributed by atoms with van der Waals surface area (Å²) in [4.78, 5) is 60.0. The number of halogens is 5. The molecule has 0 unspecified atom stereocenters. The Labute approximate surface area is 205 Å². The Balaban J connectivity index is 2.02. The van der Waals surface area contributed by atoms with E-state index in [-0.39, 0.29) is 11.8 Å². The molecule has 9 nitrogen and oxygen atoms in total. The fourth-order valence-corrected chi connectivity index (χ4v) is 2.87. The predicted octanol–water partition coefficient (Wildman–Crippen LogP) is 2.52. The van der Waals surface area contributed by atoms with Crippen molar-refractivity contribution in [1.82, 2.24) is 5.32 Å². The molecule has 2 amide bonds. The number of Topliss-reactive ketones (excluding diaryl/α,β-unsaturated/α-hetero) is 2. The molecule has 0 aliphatic heterocycles. The summed E-state index contributed by atoms with van der Waals surface area (Å²) in [5, 5.41) is 13.1. The van der Waals surface area contributed by atoms with Crippen LogP contribution in [-0.4, -0.2) is 47.1 Å². The number of benzene rings is 2. The topological polar surface area (TPSA) is 139 Å². The molecule has 0 saturated heterocycles. The first-order chi connectivity index (χ1) is 17.3. The third kappa shape index (κ3) is 7.81. The summed E-state index contributed by atoms with van der Waals surface area (Å²) in [6, 6.07) is 3.05. The fraction of sp³-hybridized carbons (Fsp3) is 0.261. The highest BCUT2D eigenvalue weighted by molar-refractivity contribution is 6.40. The van der Waals surface area contributed by atoms with Crippen LogP contribution < -0.4 is 15.4 Å². The number of para-hydroxylation sites is 1.